The predicted octanol–water partition coefficient (Wildman–Crippen LogP) is -0.752. The van der Waals surface area contributed by atoms with E-state index in [-0.39, 0.29) is 12.6 Å². The van der Waals surface area contributed by atoms with Crippen molar-refractivity contribution in [3.8, 4) is 0 Å². The van der Waals surface area contributed by atoms with Gasteiger partial charge in [0.2, 0.25) is 0 Å². The Bertz CT molecular complexity index is 191. The molecule has 0 aromatic heterocycles. The summed E-state index contributed by atoms with van der Waals surface area (Å²) in [6, 6.07) is -0.547. The average molecular weight is 233 g/mol. The van der Waals surface area contributed by atoms with Crippen molar-refractivity contribution in [2.24, 2.45) is 0 Å². The molecule has 5 nitrogen and oxygen atoms in total. The summed E-state index contributed by atoms with van der Waals surface area (Å²) in [6.07, 6.45) is 0.947. The largest absolute Gasteiger partial charge is 0.395 e. The monoisotopic (exact) mass is 233 g/mol. The molecule has 0 aromatic carbocycles. The summed E-state index contributed by atoms with van der Waals surface area (Å²) in [5.41, 5.74) is 0. The molecule has 4 atom stereocenters. The third-order valence-corrected chi connectivity index (χ3v) is 2.95. The Morgan fingerprint density at radius 3 is 2.38 bits per heavy atom. The van der Waals surface area contributed by atoms with Crippen molar-refractivity contribution in [3.05, 3.63) is 0 Å². The molecule has 1 saturated heterocycles. The second kappa shape index (κ2) is 7.19. The molecule has 4 N–H and O–H groups in total. The van der Waals surface area contributed by atoms with Gasteiger partial charge in [0.25, 0.3) is 0 Å². The van der Waals surface area contributed by atoms with E-state index in [1.807, 2.05) is 0 Å². The zero-order valence-corrected chi connectivity index (χ0v) is 9.80. The van der Waals surface area contributed by atoms with Crippen LogP contribution in [0.2, 0.25) is 0 Å². The first-order chi connectivity index (χ1) is 7.70. The number of aliphatic hydroxyl groups excluding tert-OH is 3. The van der Waals surface area contributed by atoms with Gasteiger partial charge in [-0.25, -0.2) is 0 Å². The van der Waals surface area contributed by atoms with Gasteiger partial charge in [0.1, 0.15) is 0 Å². The molecule has 1 rings (SSSR count). The van der Waals surface area contributed by atoms with E-state index < -0.39 is 18.2 Å². The Morgan fingerprint density at radius 2 is 1.81 bits per heavy atom. The maximum Gasteiger partial charge on any atom is 0.0989 e. The van der Waals surface area contributed by atoms with E-state index in [9.17, 15) is 10.2 Å². The quantitative estimate of drug-likeness (QED) is 0.435. The molecule has 0 amide bonds. The predicted molar refractivity (Wildman–Crippen MR) is 60.2 cm³/mol. The van der Waals surface area contributed by atoms with Crippen LogP contribution in [-0.4, -0.2) is 59.4 Å². The van der Waals surface area contributed by atoms with Crippen molar-refractivity contribution < 1.29 is 20.1 Å². The molecule has 0 bridgehead atoms. The fourth-order valence-electron chi connectivity index (χ4n) is 2.01. The number of hydrogen-bond donors (Lipinski definition) is 4. The molecule has 96 valence electrons. The Labute approximate surface area is 96.4 Å². The Morgan fingerprint density at radius 1 is 1.12 bits per heavy atom. The van der Waals surface area contributed by atoms with E-state index in [4.69, 9.17) is 9.84 Å². The van der Waals surface area contributed by atoms with Crippen molar-refractivity contribution in [2.75, 3.05) is 19.8 Å². The van der Waals surface area contributed by atoms with Gasteiger partial charge < -0.3 is 25.4 Å². The first-order valence-corrected chi connectivity index (χ1v) is 6.01. The molecular weight excluding hydrogens is 210 g/mol. The Hall–Kier alpha value is -0.200. The summed E-state index contributed by atoms with van der Waals surface area (Å²) >= 11 is 0. The van der Waals surface area contributed by atoms with Crippen LogP contribution in [0.3, 0.4) is 0 Å². The lowest BCUT2D eigenvalue weighted by molar-refractivity contribution is 0.0176. The van der Waals surface area contributed by atoms with Crippen molar-refractivity contribution in [1.82, 2.24) is 5.32 Å². The number of nitrogens with one attached hydrogen (secondary N) is 1. The minimum atomic E-state index is -0.869. The molecule has 1 aliphatic heterocycles. The zero-order chi connectivity index (χ0) is 12.0. The smallest absolute Gasteiger partial charge is 0.0989 e. The average Bonchev–Trinajstić information content (AvgIpc) is 2.56. The molecule has 1 heterocycles. The maximum absolute atomic E-state index is 9.70. The van der Waals surface area contributed by atoms with E-state index in [0.29, 0.717) is 6.61 Å². The van der Waals surface area contributed by atoms with Crippen molar-refractivity contribution in [2.45, 2.75) is 50.5 Å². The van der Waals surface area contributed by atoms with Gasteiger partial charge in [-0.3, -0.25) is 0 Å². The molecule has 0 spiro atoms. The van der Waals surface area contributed by atoms with Gasteiger partial charge in [0, 0.05) is 19.3 Å². The van der Waals surface area contributed by atoms with Gasteiger partial charge in [-0.2, -0.15) is 0 Å². The van der Waals surface area contributed by atoms with Gasteiger partial charge in [-0.1, -0.05) is 6.92 Å². The Balaban J connectivity index is 2.17. The lowest BCUT2D eigenvalue weighted by Gasteiger charge is -2.15. The van der Waals surface area contributed by atoms with E-state index in [1.165, 1.54) is 0 Å². The fourth-order valence-corrected chi connectivity index (χ4v) is 2.01. The minimum absolute atomic E-state index is 0.141. The van der Waals surface area contributed by atoms with Crippen LogP contribution in [-0.2, 0) is 4.74 Å². The third-order valence-electron chi connectivity index (χ3n) is 2.95. The highest BCUT2D eigenvalue weighted by molar-refractivity contribution is 4.97. The van der Waals surface area contributed by atoms with Crippen LogP contribution in [0.4, 0.5) is 0 Å². The first kappa shape index (κ1) is 13.9. The Kier molecular flexibility index (Phi) is 6.23. The summed E-state index contributed by atoms with van der Waals surface area (Å²) in [5.74, 6) is 0. The summed E-state index contributed by atoms with van der Waals surface area (Å²) in [6.45, 7) is 3.35. The SMILES string of the molecule is CCCOCCC[C@@H]1N[C@@H](CO)[C@H](O)[C@H]1O. The number of rotatable bonds is 7. The molecular formula is C11H23NO4. The molecule has 0 unspecified atom stereocenters. The third kappa shape index (κ3) is 3.68. The molecule has 1 aliphatic rings. The maximum atomic E-state index is 9.70. The highest BCUT2D eigenvalue weighted by atomic mass is 16.5. The van der Waals surface area contributed by atoms with E-state index in [0.717, 1.165) is 25.9 Å². The zero-order valence-electron chi connectivity index (χ0n) is 9.80. The topological polar surface area (TPSA) is 82.0 Å². The minimum Gasteiger partial charge on any atom is -0.395 e. The lowest BCUT2D eigenvalue weighted by Crippen LogP contribution is -2.36. The van der Waals surface area contributed by atoms with E-state index in [1.54, 1.807) is 0 Å². The lowest BCUT2D eigenvalue weighted by atomic mass is 10.0. The fraction of sp³-hybridized carbons (Fsp3) is 1.00. The van der Waals surface area contributed by atoms with Crippen molar-refractivity contribution in [3.63, 3.8) is 0 Å². The van der Waals surface area contributed by atoms with Gasteiger partial charge >= 0.3 is 0 Å². The molecule has 16 heavy (non-hydrogen) atoms. The van der Waals surface area contributed by atoms with Crippen LogP contribution >= 0.6 is 0 Å². The normalized spacial score (nSPS) is 34.5. The first-order valence-electron chi connectivity index (χ1n) is 6.01. The van der Waals surface area contributed by atoms with Crippen LogP contribution in [0.5, 0.6) is 0 Å². The number of hydrogen-bond acceptors (Lipinski definition) is 5. The van der Waals surface area contributed by atoms with Gasteiger partial charge in [-0.05, 0) is 19.3 Å². The molecule has 0 saturated carbocycles. The molecule has 0 radical (unpaired) electrons. The summed E-state index contributed by atoms with van der Waals surface area (Å²) in [4.78, 5) is 0. The second-order valence-electron chi connectivity index (χ2n) is 4.30. The summed E-state index contributed by atoms with van der Waals surface area (Å²) < 4.78 is 5.34. The molecule has 1 fully saturated rings. The highest BCUT2D eigenvalue weighted by Crippen LogP contribution is 2.17. The second-order valence-corrected chi connectivity index (χ2v) is 4.30. The van der Waals surface area contributed by atoms with Crippen LogP contribution in [0.1, 0.15) is 26.2 Å². The van der Waals surface area contributed by atoms with E-state index >= 15 is 0 Å². The summed E-state index contributed by atoms with van der Waals surface area (Å²) in [5, 5.41) is 31.2. The van der Waals surface area contributed by atoms with Crippen LogP contribution < -0.4 is 5.32 Å². The van der Waals surface area contributed by atoms with Gasteiger partial charge in [-0.15, -0.1) is 0 Å². The van der Waals surface area contributed by atoms with Crippen molar-refractivity contribution in [1.29, 1.82) is 0 Å². The number of ether oxygens (including phenoxy) is 1. The van der Waals surface area contributed by atoms with Crippen LogP contribution in [0.15, 0.2) is 0 Å². The number of aliphatic hydroxyl groups is 3. The van der Waals surface area contributed by atoms with Gasteiger partial charge in [0.05, 0.1) is 24.9 Å². The van der Waals surface area contributed by atoms with Crippen molar-refractivity contribution >= 4 is 0 Å². The van der Waals surface area contributed by atoms with Crippen LogP contribution in [0.25, 0.3) is 0 Å². The highest BCUT2D eigenvalue weighted by Gasteiger charge is 2.39. The molecule has 0 aromatic rings. The molecule has 0 aliphatic carbocycles. The standard InChI is InChI=1S/C11H23NO4/c1-2-5-16-6-3-4-8-10(14)11(15)9(7-13)12-8/h8-15H,2-7H2,1H3/t8-,9-,10-,11-/m0/s1. The molecule has 5 heteroatoms. The van der Waals surface area contributed by atoms with E-state index in [2.05, 4.69) is 12.2 Å². The van der Waals surface area contributed by atoms with Crippen LogP contribution in [0, 0.1) is 0 Å². The summed E-state index contributed by atoms with van der Waals surface area (Å²) in [7, 11) is 0. The van der Waals surface area contributed by atoms with Gasteiger partial charge in [0.15, 0.2) is 0 Å².